The van der Waals surface area contributed by atoms with Crippen LogP contribution in [0.25, 0.3) is 21.9 Å². The monoisotopic (exact) mass is 460 g/mol. The number of benzene rings is 3. The molecule has 3 aromatic carbocycles. The molecule has 4 aromatic rings. The Hall–Kier alpha value is -3.84. The molecule has 0 fully saturated rings. The number of ether oxygens (including phenoxy) is 2. The summed E-state index contributed by atoms with van der Waals surface area (Å²) in [6.45, 7) is 5.57. The van der Waals surface area contributed by atoms with Crippen molar-refractivity contribution >= 4 is 39.6 Å². The maximum Gasteiger partial charge on any atom is 0.408 e. The van der Waals surface area contributed by atoms with Gasteiger partial charge in [0.15, 0.2) is 0 Å². The van der Waals surface area contributed by atoms with Crippen molar-refractivity contribution in [2.45, 2.75) is 39.0 Å². The zero-order valence-corrected chi connectivity index (χ0v) is 19.5. The predicted molar refractivity (Wildman–Crippen MR) is 132 cm³/mol. The van der Waals surface area contributed by atoms with Crippen LogP contribution in [0, 0.1) is 0 Å². The van der Waals surface area contributed by atoms with E-state index >= 15 is 0 Å². The van der Waals surface area contributed by atoms with Gasteiger partial charge in [0.25, 0.3) is 0 Å². The van der Waals surface area contributed by atoms with E-state index in [-0.39, 0.29) is 6.61 Å². The van der Waals surface area contributed by atoms with E-state index in [1.807, 2.05) is 60.7 Å². The lowest BCUT2D eigenvalue weighted by atomic mass is 10.1. The Morgan fingerprint density at radius 3 is 2.38 bits per heavy atom. The molecule has 0 saturated heterocycles. The van der Waals surface area contributed by atoms with Crippen molar-refractivity contribution in [2.75, 3.05) is 11.9 Å². The number of amides is 2. The van der Waals surface area contributed by atoms with Crippen LogP contribution in [0.4, 0.5) is 10.5 Å². The van der Waals surface area contributed by atoms with Gasteiger partial charge in [0, 0.05) is 22.5 Å². The molecule has 2 amide bonds. The third-order valence-corrected chi connectivity index (χ3v) is 5.05. The summed E-state index contributed by atoms with van der Waals surface area (Å²) in [5.41, 5.74) is 2.27. The molecular formula is C27H28N2O5. The van der Waals surface area contributed by atoms with Crippen LogP contribution in [0.15, 0.2) is 77.2 Å². The molecule has 0 spiro atoms. The first-order valence-corrected chi connectivity index (χ1v) is 11.1. The quantitative estimate of drug-likeness (QED) is 0.373. The summed E-state index contributed by atoms with van der Waals surface area (Å²) in [6, 6.07) is 21.9. The minimum Gasteiger partial charge on any atom is -0.456 e. The molecule has 1 aromatic heterocycles. The average molecular weight is 461 g/mol. The Bertz CT molecular complexity index is 1290. The van der Waals surface area contributed by atoms with E-state index in [0.717, 1.165) is 21.9 Å². The van der Waals surface area contributed by atoms with Crippen LogP contribution in [0.1, 0.15) is 26.3 Å². The third-order valence-electron chi connectivity index (χ3n) is 5.05. The van der Waals surface area contributed by atoms with E-state index in [1.165, 1.54) is 0 Å². The molecule has 0 aliphatic rings. The minimum atomic E-state index is -0.954. The van der Waals surface area contributed by atoms with Crippen molar-refractivity contribution in [3.05, 3.63) is 78.4 Å². The summed E-state index contributed by atoms with van der Waals surface area (Å²) in [7, 11) is 0. The van der Waals surface area contributed by atoms with Gasteiger partial charge in [-0.1, -0.05) is 48.5 Å². The van der Waals surface area contributed by atoms with Crippen molar-refractivity contribution in [2.24, 2.45) is 0 Å². The molecule has 0 bridgehead atoms. The molecule has 1 atom stereocenters. The number of hydrogen-bond acceptors (Lipinski definition) is 5. The second-order valence-corrected chi connectivity index (χ2v) is 9.00. The third kappa shape index (κ3) is 5.94. The van der Waals surface area contributed by atoms with Gasteiger partial charge in [-0.2, -0.15) is 0 Å². The number of carbonyl (C=O) groups is 2. The van der Waals surface area contributed by atoms with Crippen LogP contribution < -0.4 is 10.6 Å². The summed E-state index contributed by atoms with van der Waals surface area (Å²) >= 11 is 0. The van der Waals surface area contributed by atoms with Crippen LogP contribution in [-0.2, 0) is 20.9 Å². The van der Waals surface area contributed by atoms with Gasteiger partial charge in [-0.15, -0.1) is 0 Å². The number of hydrogen-bond donors (Lipinski definition) is 2. The van der Waals surface area contributed by atoms with Gasteiger partial charge >= 0.3 is 6.09 Å². The van der Waals surface area contributed by atoms with Crippen LogP contribution in [0.2, 0.25) is 0 Å². The highest BCUT2D eigenvalue weighted by Crippen LogP contribution is 2.30. The summed E-state index contributed by atoms with van der Waals surface area (Å²) in [5, 5.41) is 7.43. The summed E-state index contributed by atoms with van der Waals surface area (Å²) < 4.78 is 17.0. The largest absolute Gasteiger partial charge is 0.456 e. The number of furan rings is 1. The van der Waals surface area contributed by atoms with Gasteiger partial charge in [-0.3, -0.25) is 4.79 Å². The van der Waals surface area contributed by atoms with E-state index in [0.29, 0.717) is 17.9 Å². The van der Waals surface area contributed by atoms with E-state index in [4.69, 9.17) is 13.9 Å². The standard InChI is InChI=1S/C27H28N2O5/c1-27(2,3)34-26(31)29-22(17-32-16-18-9-5-4-6-10-18)25(30)28-19-13-14-21-20-11-7-8-12-23(20)33-24(21)15-19/h4-15,22H,16-17H2,1-3H3,(H,28,30)(H,29,31)/t22-/m1/s1. The number of carbonyl (C=O) groups excluding carboxylic acids is 2. The SMILES string of the molecule is CC(C)(C)OC(=O)N[C@H](COCc1ccccc1)C(=O)Nc1ccc2c(c1)oc1ccccc12. The lowest BCUT2D eigenvalue weighted by molar-refractivity contribution is -0.119. The summed E-state index contributed by atoms with van der Waals surface area (Å²) in [4.78, 5) is 25.4. The zero-order valence-electron chi connectivity index (χ0n) is 19.5. The molecule has 4 rings (SSSR count). The molecule has 176 valence electrons. The molecule has 34 heavy (non-hydrogen) atoms. The number of nitrogens with one attached hydrogen (secondary N) is 2. The topological polar surface area (TPSA) is 89.8 Å². The van der Waals surface area contributed by atoms with Gasteiger partial charge in [0.1, 0.15) is 22.8 Å². The van der Waals surface area contributed by atoms with Crippen molar-refractivity contribution in [1.82, 2.24) is 5.32 Å². The predicted octanol–water partition coefficient (Wildman–Crippen LogP) is 5.63. The Morgan fingerprint density at radius 2 is 1.62 bits per heavy atom. The summed E-state index contributed by atoms with van der Waals surface area (Å²) in [5.74, 6) is -0.422. The molecule has 0 unspecified atom stereocenters. The fraction of sp³-hybridized carbons (Fsp3) is 0.259. The van der Waals surface area contributed by atoms with Gasteiger partial charge in [0.05, 0.1) is 13.2 Å². The molecule has 0 aliphatic heterocycles. The number of fused-ring (bicyclic) bond motifs is 3. The summed E-state index contributed by atoms with van der Waals surface area (Å²) in [6.07, 6.45) is -0.691. The van der Waals surface area contributed by atoms with Crippen LogP contribution in [0.5, 0.6) is 0 Å². The molecule has 0 aliphatic carbocycles. The highest BCUT2D eigenvalue weighted by atomic mass is 16.6. The highest BCUT2D eigenvalue weighted by Gasteiger charge is 2.25. The fourth-order valence-corrected chi connectivity index (χ4v) is 3.53. The van der Waals surface area contributed by atoms with Crippen molar-refractivity contribution in [3.8, 4) is 0 Å². The molecule has 0 radical (unpaired) electrons. The van der Waals surface area contributed by atoms with Gasteiger partial charge < -0.3 is 24.5 Å². The van der Waals surface area contributed by atoms with Crippen LogP contribution in [0.3, 0.4) is 0 Å². The second kappa shape index (κ2) is 9.97. The molecule has 1 heterocycles. The smallest absolute Gasteiger partial charge is 0.408 e. The van der Waals surface area contributed by atoms with Crippen molar-refractivity contribution < 1.29 is 23.5 Å². The van der Waals surface area contributed by atoms with Gasteiger partial charge in [0.2, 0.25) is 5.91 Å². The van der Waals surface area contributed by atoms with Gasteiger partial charge in [-0.25, -0.2) is 4.79 Å². The van der Waals surface area contributed by atoms with Crippen molar-refractivity contribution in [1.29, 1.82) is 0 Å². The van der Waals surface area contributed by atoms with Crippen molar-refractivity contribution in [3.63, 3.8) is 0 Å². The van der Waals surface area contributed by atoms with E-state index in [2.05, 4.69) is 10.6 Å². The minimum absolute atomic E-state index is 0.0210. The maximum absolute atomic E-state index is 13.1. The average Bonchev–Trinajstić information content (AvgIpc) is 3.15. The Morgan fingerprint density at radius 1 is 0.912 bits per heavy atom. The number of para-hydroxylation sites is 1. The molecule has 7 nitrogen and oxygen atoms in total. The molecule has 7 heteroatoms. The van der Waals surface area contributed by atoms with Crippen LogP contribution in [-0.4, -0.2) is 30.3 Å². The first-order valence-electron chi connectivity index (χ1n) is 11.1. The first-order chi connectivity index (χ1) is 16.3. The molecular weight excluding hydrogens is 432 g/mol. The first kappa shape index (κ1) is 23.3. The number of alkyl carbamates (subject to hydrolysis) is 1. The molecule has 2 N–H and O–H groups in total. The second-order valence-electron chi connectivity index (χ2n) is 9.00. The fourth-order valence-electron chi connectivity index (χ4n) is 3.53. The normalized spacial score (nSPS) is 12.4. The van der Waals surface area contributed by atoms with E-state index in [1.54, 1.807) is 32.9 Å². The Kier molecular flexibility index (Phi) is 6.84. The number of anilines is 1. The molecule has 0 saturated carbocycles. The highest BCUT2D eigenvalue weighted by molar-refractivity contribution is 6.06. The zero-order chi connectivity index (χ0) is 24.1. The van der Waals surface area contributed by atoms with Crippen LogP contribution >= 0.6 is 0 Å². The van der Waals surface area contributed by atoms with Gasteiger partial charge in [-0.05, 0) is 44.5 Å². The number of rotatable bonds is 7. The Balaban J connectivity index is 1.47. The maximum atomic E-state index is 13.1. The van der Waals surface area contributed by atoms with E-state index in [9.17, 15) is 9.59 Å². The lowest BCUT2D eigenvalue weighted by Gasteiger charge is -2.23. The van der Waals surface area contributed by atoms with E-state index < -0.39 is 23.6 Å². The lowest BCUT2D eigenvalue weighted by Crippen LogP contribution is -2.48. The Labute approximate surface area is 198 Å².